The number of nitrogens with one attached hydrogen (secondary N) is 1. The van der Waals surface area contributed by atoms with Gasteiger partial charge in [-0.2, -0.15) is 0 Å². The molecule has 1 N–H and O–H groups in total. The highest BCUT2D eigenvalue weighted by Crippen LogP contribution is 2.31. The predicted octanol–water partition coefficient (Wildman–Crippen LogP) is 4.89. The van der Waals surface area contributed by atoms with Crippen molar-refractivity contribution in [1.29, 1.82) is 0 Å². The average molecular weight is 231 g/mol. The minimum Gasteiger partial charge on any atom is -0.362 e. The Morgan fingerprint density at radius 2 is 1.88 bits per heavy atom. The van der Waals surface area contributed by atoms with E-state index in [1.54, 1.807) is 0 Å². The van der Waals surface area contributed by atoms with Gasteiger partial charge < -0.3 is 4.98 Å². The Morgan fingerprint density at radius 1 is 1.29 bits per heavy atom. The standard InChI is InChI=1S/C16H25N/c1-10(2)8-11(3)14(6)15(7)16-12(4)9-13(5)17-16/h8-9,14-15,17H,1H2,2-7H3/b11-8-. The number of hydrogen-bond acceptors (Lipinski definition) is 0. The molecule has 0 aromatic carbocycles. The highest BCUT2D eigenvalue weighted by Gasteiger charge is 2.19. The van der Waals surface area contributed by atoms with Gasteiger partial charge in [-0.15, -0.1) is 0 Å². The van der Waals surface area contributed by atoms with Crippen LogP contribution in [0.2, 0.25) is 0 Å². The molecule has 17 heavy (non-hydrogen) atoms. The van der Waals surface area contributed by atoms with Gasteiger partial charge in [-0.25, -0.2) is 0 Å². The third-order valence-corrected chi connectivity index (χ3v) is 3.59. The van der Waals surface area contributed by atoms with Crippen LogP contribution in [0.5, 0.6) is 0 Å². The Labute approximate surface area is 106 Å². The number of H-pyrrole nitrogens is 1. The molecule has 0 amide bonds. The summed E-state index contributed by atoms with van der Waals surface area (Å²) in [5.41, 5.74) is 6.50. The van der Waals surface area contributed by atoms with Crippen LogP contribution in [0.4, 0.5) is 0 Å². The minimum absolute atomic E-state index is 0.513. The molecule has 1 aromatic rings. The summed E-state index contributed by atoms with van der Waals surface area (Å²) in [7, 11) is 0. The molecular weight excluding hydrogens is 206 g/mol. The van der Waals surface area contributed by atoms with E-state index in [2.05, 4.69) is 58.3 Å². The van der Waals surface area contributed by atoms with E-state index < -0.39 is 0 Å². The molecule has 2 atom stereocenters. The van der Waals surface area contributed by atoms with Crippen LogP contribution in [0.25, 0.3) is 0 Å². The number of allylic oxidation sites excluding steroid dienone is 3. The average Bonchev–Trinajstić information content (AvgIpc) is 2.54. The lowest BCUT2D eigenvalue weighted by atomic mass is 9.85. The summed E-state index contributed by atoms with van der Waals surface area (Å²) in [5.74, 6) is 1.04. The molecular formula is C16H25N. The zero-order chi connectivity index (χ0) is 13.2. The predicted molar refractivity (Wildman–Crippen MR) is 76.4 cm³/mol. The molecule has 1 aromatic heterocycles. The second-order valence-corrected chi connectivity index (χ2v) is 5.36. The molecule has 0 spiro atoms. The van der Waals surface area contributed by atoms with Crippen molar-refractivity contribution in [3.05, 3.63) is 46.8 Å². The van der Waals surface area contributed by atoms with Gasteiger partial charge in [-0.3, -0.25) is 0 Å². The Bertz CT molecular complexity index is 434. The lowest BCUT2D eigenvalue weighted by molar-refractivity contribution is 0.547. The van der Waals surface area contributed by atoms with Crippen LogP contribution in [0, 0.1) is 19.8 Å². The first-order valence-corrected chi connectivity index (χ1v) is 6.32. The van der Waals surface area contributed by atoms with Gasteiger partial charge >= 0.3 is 0 Å². The fourth-order valence-electron chi connectivity index (χ4n) is 2.39. The molecule has 1 heterocycles. The topological polar surface area (TPSA) is 15.8 Å². The molecule has 0 aliphatic rings. The summed E-state index contributed by atoms with van der Waals surface area (Å²) in [6.07, 6.45) is 2.19. The van der Waals surface area contributed by atoms with E-state index in [1.807, 2.05) is 6.92 Å². The van der Waals surface area contributed by atoms with E-state index in [0.717, 1.165) is 5.57 Å². The van der Waals surface area contributed by atoms with Gasteiger partial charge in [0.05, 0.1) is 0 Å². The largest absolute Gasteiger partial charge is 0.362 e. The molecule has 0 fully saturated rings. The van der Waals surface area contributed by atoms with Gasteiger partial charge in [-0.05, 0) is 45.2 Å². The van der Waals surface area contributed by atoms with Crippen LogP contribution < -0.4 is 0 Å². The number of rotatable bonds is 4. The molecule has 2 unspecified atom stereocenters. The summed E-state index contributed by atoms with van der Waals surface area (Å²) in [6, 6.07) is 2.22. The van der Waals surface area contributed by atoms with E-state index in [-0.39, 0.29) is 0 Å². The smallest absolute Gasteiger partial charge is 0.0213 e. The first-order chi connectivity index (χ1) is 7.82. The molecule has 1 nitrogen and oxygen atoms in total. The van der Waals surface area contributed by atoms with E-state index in [4.69, 9.17) is 0 Å². The molecule has 94 valence electrons. The van der Waals surface area contributed by atoms with Crippen molar-refractivity contribution in [1.82, 2.24) is 4.98 Å². The summed E-state index contributed by atoms with van der Waals surface area (Å²) in [6.45, 7) is 17.1. The zero-order valence-corrected chi connectivity index (χ0v) is 12.0. The van der Waals surface area contributed by atoms with Gasteiger partial charge in [0, 0.05) is 17.3 Å². The van der Waals surface area contributed by atoms with E-state index in [9.17, 15) is 0 Å². The van der Waals surface area contributed by atoms with Gasteiger partial charge in [-0.1, -0.05) is 37.6 Å². The fourth-order valence-corrected chi connectivity index (χ4v) is 2.39. The first-order valence-electron chi connectivity index (χ1n) is 6.32. The quantitative estimate of drug-likeness (QED) is 0.710. The summed E-state index contributed by atoms with van der Waals surface area (Å²) in [4.78, 5) is 3.48. The number of hydrogen-bond donors (Lipinski definition) is 1. The highest BCUT2D eigenvalue weighted by atomic mass is 14.7. The normalized spacial score (nSPS) is 15.8. The maximum absolute atomic E-state index is 3.95. The van der Waals surface area contributed by atoms with Crippen LogP contribution in [-0.2, 0) is 0 Å². The SMILES string of the molecule is C=C(C)/C=C(/C)C(C)C(C)c1[nH]c(C)cc1C. The van der Waals surface area contributed by atoms with Crippen molar-refractivity contribution in [2.75, 3.05) is 0 Å². The molecule has 0 aliphatic carbocycles. The first kappa shape index (κ1) is 13.8. The molecule has 0 bridgehead atoms. The Morgan fingerprint density at radius 3 is 2.29 bits per heavy atom. The van der Waals surface area contributed by atoms with E-state index in [0.29, 0.717) is 11.8 Å². The van der Waals surface area contributed by atoms with Crippen molar-refractivity contribution in [3.8, 4) is 0 Å². The maximum atomic E-state index is 3.95. The van der Waals surface area contributed by atoms with Crippen LogP contribution in [0.15, 0.2) is 29.9 Å². The highest BCUT2D eigenvalue weighted by molar-refractivity contribution is 5.29. The van der Waals surface area contributed by atoms with E-state index >= 15 is 0 Å². The second kappa shape index (κ2) is 5.39. The maximum Gasteiger partial charge on any atom is 0.0213 e. The number of aryl methyl sites for hydroxylation is 2. The summed E-state index contributed by atoms with van der Waals surface area (Å²) in [5, 5.41) is 0. The molecule has 0 radical (unpaired) electrons. The van der Waals surface area contributed by atoms with Gasteiger partial charge in [0.1, 0.15) is 0 Å². The zero-order valence-electron chi connectivity index (χ0n) is 12.0. The van der Waals surface area contributed by atoms with Crippen molar-refractivity contribution >= 4 is 0 Å². The monoisotopic (exact) mass is 231 g/mol. The van der Waals surface area contributed by atoms with E-state index in [1.165, 1.54) is 22.5 Å². The van der Waals surface area contributed by atoms with Crippen LogP contribution in [0.1, 0.15) is 50.6 Å². The van der Waals surface area contributed by atoms with Crippen LogP contribution >= 0.6 is 0 Å². The number of aromatic nitrogens is 1. The fraction of sp³-hybridized carbons (Fsp3) is 0.500. The molecule has 0 saturated heterocycles. The van der Waals surface area contributed by atoms with Gasteiger partial charge in [0.2, 0.25) is 0 Å². The van der Waals surface area contributed by atoms with Crippen molar-refractivity contribution in [3.63, 3.8) is 0 Å². The summed E-state index contributed by atoms with van der Waals surface area (Å²) >= 11 is 0. The third-order valence-electron chi connectivity index (χ3n) is 3.59. The summed E-state index contributed by atoms with van der Waals surface area (Å²) < 4.78 is 0. The lowest BCUT2D eigenvalue weighted by Crippen LogP contribution is -2.09. The van der Waals surface area contributed by atoms with Gasteiger partial charge in [0.15, 0.2) is 0 Å². The number of aromatic amines is 1. The van der Waals surface area contributed by atoms with Crippen molar-refractivity contribution in [2.24, 2.45) is 5.92 Å². The molecule has 1 heteroatoms. The van der Waals surface area contributed by atoms with Gasteiger partial charge in [0.25, 0.3) is 0 Å². The minimum atomic E-state index is 0.513. The molecule has 0 aliphatic heterocycles. The van der Waals surface area contributed by atoms with Crippen LogP contribution in [-0.4, -0.2) is 4.98 Å². The van der Waals surface area contributed by atoms with Crippen molar-refractivity contribution < 1.29 is 0 Å². The Balaban J connectivity index is 2.94. The Hall–Kier alpha value is -1.24. The van der Waals surface area contributed by atoms with Crippen molar-refractivity contribution in [2.45, 2.75) is 47.5 Å². The Kier molecular flexibility index (Phi) is 4.39. The third kappa shape index (κ3) is 3.36. The molecule has 0 saturated carbocycles. The molecule has 1 rings (SSSR count). The second-order valence-electron chi connectivity index (χ2n) is 5.36. The lowest BCUT2D eigenvalue weighted by Gasteiger charge is -2.21. The van der Waals surface area contributed by atoms with Crippen LogP contribution in [0.3, 0.4) is 0 Å².